The monoisotopic (exact) mass is 430 g/mol. The van der Waals surface area contributed by atoms with Crippen LogP contribution in [-0.4, -0.2) is 34.7 Å². The lowest BCUT2D eigenvalue weighted by Crippen LogP contribution is -2.23. The number of nitrogens with one attached hydrogen (secondary N) is 3. The molecule has 0 bridgehead atoms. The average molecular weight is 430 g/mol. The molecule has 32 heavy (non-hydrogen) atoms. The van der Waals surface area contributed by atoms with Crippen LogP contribution in [0.4, 0.5) is 23.1 Å². The lowest BCUT2D eigenvalue weighted by molar-refractivity contribution is 0.0995. The Hall–Kier alpha value is -4.23. The fourth-order valence-corrected chi connectivity index (χ4v) is 3.54. The van der Waals surface area contributed by atoms with Crippen LogP contribution in [0.5, 0.6) is 5.75 Å². The van der Waals surface area contributed by atoms with Crippen molar-refractivity contribution in [3.8, 4) is 11.8 Å². The number of methoxy groups -OCH3 is 1. The quantitative estimate of drug-likeness (QED) is 0.442. The Balaban J connectivity index is 1.69. The third kappa shape index (κ3) is 4.43. The number of primary amides is 1. The first kappa shape index (κ1) is 21.0. The third-order valence-electron chi connectivity index (χ3n) is 5.11. The molecule has 0 unspecified atom stereocenters. The largest absolute Gasteiger partial charge is 0.495 e. The summed E-state index contributed by atoms with van der Waals surface area (Å²) >= 11 is 0. The van der Waals surface area contributed by atoms with Crippen LogP contribution in [0.15, 0.2) is 36.4 Å². The van der Waals surface area contributed by atoms with Crippen molar-refractivity contribution in [2.24, 2.45) is 5.73 Å². The highest BCUT2D eigenvalue weighted by atomic mass is 16.5. The van der Waals surface area contributed by atoms with Crippen LogP contribution < -0.4 is 26.4 Å². The van der Waals surface area contributed by atoms with E-state index in [4.69, 9.17) is 15.7 Å². The zero-order chi connectivity index (χ0) is 22.5. The average Bonchev–Trinajstić information content (AvgIpc) is 2.80. The zero-order valence-electron chi connectivity index (χ0n) is 17.5. The summed E-state index contributed by atoms with van der Waals surface area (Å²) < 4.78 is 5.53. The molecule has 4 rings (SSSR count). The minimum absolute atomic E-state index is 0.106. The van der Waals surface area contributed by atoms with Crippen molar-refractivity contribution in [1.29, 1.82) is 5.26 Å². The smallest absolute Gasteiger partial charge is 0.273 e. The van der Waals surface area contributed by atoms with Crippen LogP contribution in [0.25, 0.3) is 0 Å². The number of carbonyl (C=O) groups is 1. The minimum atomic E-state index is -0.768. The molecule has 0 fully saturated rings. The molecule has 0 radical (unpaired) electrons. The van der Waals surface area contributed by atoms with E-state index in [1.807, 2.05) is 30.3 Å². The Labute approximate surface area is 184 Å². The van der Waals surface area contributed by atoms with Gasteiger partial charge in [-0.05, 0) is 47.9 Å². The van der Waals surface area contributed by atoms with Gasteiger partial charge in [-0.2, -0.15) is 10.2 Å². The number of nitrogens with two attached hydrogens (primary N) is 1. The number of carbonyl (C=O) groups excluding carboxylic acids is 1. The number of ether oxygens (including phenoxy) is 1. The van der Waals surface area contributed by atoms with Gasteiger partial charge in [0.1, 0.15) is 5.75 Å². The van der Waals surface area contributed by atoms with Crippen molar-refractivity contribution in [3.63, 3.8) is 0 Å². The van der Waals surface area contributed by atoms with Gasteiger partial charge in [0, 0.05) is 12.2 Å². The summed E-state index contributed by atoms with van der Waals surface area (Å²) in [6.45, 7) is 1.69. The van der Waals surface area contributed by atoms with Crippen LogP contribution in [0.2, 0.25) is 0 Å². The summed E-state index contributed by atoms with van der Waals surface area (Å²) in [7, 11) is 1.59. The maximum Gasteiger partial charge on any atom is 0.273 e. The summed E-state index contributed by atoms with van der Waals surface area (Å²) in [5.41, 5.74) is 9.82. The third-order valence-corrected chi connectivity index (χ3v) is 5.11. The van der Waals surface area contributed by atoms with E-state index in [0.717, 1.165) is 25.1 Å². The first-order valence-corrected chi connectivity index (χ1v) is 10.0. The SMILES string of the molecule is COc1cc2c(cc1Nc1nnc(C(N)=O)c(Nc3ccccc3CC#N)n1)CCNC2. The van der Waals surface area contributed by atoms with Crippen LogP contribution in [0.3, 0.4) is 0 Å². The number of amides is 1. The van der Waals surface area contributed by atoms with Gasteiger partial charge in [-0.1, -0.05) is 18.2 Å². The van der Waals surface area contributed by atoms with E-state index in [2.05, 4.69) is 37.2 Å². The molecular weight excluding hydrogens is 408 g/mol. The molecule has 0 saturated carbocycles. The molecule has 0 spiro atoms. The maximum absolute atomic E-state index is 11.9. The van der Waals surface area contributed by atoms with Gasteiger partial charge in [0.15, 0.2) is 11.5 Å². The summed E-state index contributed by atoms with van der Waals surface area (Å²) in [5.74, 6) is 0.184. The van der Waals surface area contributed by atoms with E-state index in [9.17, 15) is 4.79 Å². The molecule has 0 aliphatic carbocycles. The lowest BCUT2D eigenvalue weighted by Gasteiger charge is -2.20. The number of nitriles is 1. The molecule has 2 heterocycles. The summed E-state index contributed by atoms with van der Waals surface area (Å²) in [6, 6.07) is 13.3. The zero-order valence-corrected chi connectivity index (χ0v) is 17.5. The number of hydrogen-bond acceptors (Lipinski definition) is 9. The fraction of sp³-hybridized carbons (Fsp3) is 0.227. The van der Waals surface area contributed by atoms with Gasteiger partial charge in [-0.25, -0.2) is 0 Å². The molecule has 3 aromatic rings. The molecule has 2 aromatic carbocycles. The van der Waals surface area contributed by atoms with Crippen molar-refractivity contribution in [1.82, 2.24) is 20.5 Å². The highest BCUT2D eigenvalue weighted by Gasteiger charge is 2.18. The topological polar surface area (TPSA) is 151 Å². The number of anilines is 4. The number of rotatable bonds is 7. The van der Waals surface area contributed by atoms with Crippen molar-refractivity contribution >= 4 is 29.0 Å². The van der Waals surface area contributed by atoms with Crippen LogP contribution in [0, 0.1) is 11.3 Å². The predicted molar refractivity (Wildman–Crippen MR) is 119 cm³/mol. The normalized spacial score (nSPS) is 12.4. The summed E-state index contributed by atoms with van der Waals surface area (Å²) in [6.07, 6.45) is 1.09. The Bertz CT molecular complexity index is 1210. The van der Waals surface area contributed by atoms with E-state index in [-0.39, 0.29) is 23.9 Å². The van der Waals surface area contributed by atoms with Gasteiger partial charge < -0.3 is 26.4 Å². The molecule has 1 aromatic heterocycles. The van der Waals surface area contributed by atoms with Gasteiger partial charge in [0.2, 0.25) is 5.95 Å². The molecule has 0 saturated heterocycles. The first-order valence-electron chi connectivity index (χ1n) is 10.0. The standard InChI is InChI=1S/C22H22N8O2/c1-32-18-11-15-12-25-9-7-14(15)10-17(18)27-22-28-21(19(20(24)31)29-30-22)26-16-5-3-2-4-13(16)6-8-23/h2-5,10-11,25H,6-7,9,12H2,1H3,(H2,24,31)(H2,26,27,28,30). The van der Waals surface area contributed by atoms with Gasteiger partial charge in [0.25, 0.3) is 5.91 Å². The molecule has 10 nitrogen and oxygen atoms in total. The minimum Gasteiger partial charge on any atom is -0.495 e. The van der Waals surface area contributed by atoms with Crippen molar-refractivity contribution in [2.75, 3.05) is 24.3 Å². The van der Waals surface area contributed by atoms with Crippen LogP contribution in [0.1, 0.15) is 27.2 Å². The molecule has 162 valence electrons. The van der Waals surface area contributed by atoms with E-state index >= 15 is 0 Å². The molecule has 1 amide bonds. The summed E-state index contributed by atoms with van der Waals surface area (Å²) in [5, 5.41) is 26.6. The van der Waals surface area contributed by atoms with Crippen molar-refractivity contribution in [3.05, 3.63) is 58.8 Å². The van der Waals surface area contributed by atoms with Crippen molar-refractivity contribution in [2.45, 2.75) is 19.4 Å². The molecule has 0 atom stereocenters. The number of fused-ring (bicyclic) bond motifs is 1. The van der Waals surface area contributed by atoms with E-state index in [1.165, 1.54) is 11.1 Å². The van der Waals surface area contributed by atoms with Crippen LogP contribution >= 0.6 is 0 Å². The van der Waals surface area contributed by atoms with Crippen LogP contribution in [-0.2, 0) is 19.4 Å². The second-order valence-corrected chi connectivity index (χ2v) is 7.19. The van der Waals surface area contributed by atoms with Gasteiger partial charge in [-0.15, -0.1) is 10.2 Å². The molecule has 5 N–H and O–H groups in total. The maximum atomic E-state index is 11.9. The number of nitrogens with zero attached hydrogens (tertiary/aromatic N) is 4. The predicted octanol–water partition coefficient (Wildman–Crippen LogP) is 2.18. The fourth-order valence-electron chi connectivity index (χ4n) is 3.54. The summed E-state index contributed by atoms with van der Waals surface area (Å²) in [4.78, 5) is 16.3. The number of benzene rings is 2. The van der Waals surface area contributed by atoms with E-state index in [1.54, 1.807) is 13.2 Å². The Morgan fingerprint density at radius 3 is 2.84 bits per heavy atom. The van der Waals surface area contributed by atoms with Gasteiger partial charge in [-0.3, -0.25) is 4.79 Å². The lowest BCUT2D eigenvalue weighted by atomic mass is 10.00. The molecular formula is C22H22N8O2. The first-order chi connectivity index (χ1) is 15.6. The highest BCUT2D eigenvalue weighted by Crippen LogP contribution is 2.32. The van der Waals surface area contributed by atoms with E-state index in [0.29, 0.717) is 17.1 Å². The molecule has 1 aliphatic heterocycles. The van der Waals surface area contributed by atoms with E-state index < -0.39 is 5.91 Å². The second-order valence-electron chi connectivity index (χ2n) is 7.19. The highest BCUT2D eigenvalue weighted by molar-refractivity contribution is 5.96. The Kier molecular flexibility index (Phi) is 6.10. The van der Waals surface area contributed by atoms with Gasteiger partial charge in [0.05, 0.1) is 25.3 Å². The number of para-hydroxylation sites is 1. The Morgan fingerprint density at radius 1 is 1.22 bits per heavy atom. The molecule has 10 heteroatoms. The molecule has 1 aliphatic rings. The van der Waals surface area contributed by atoms with Gasteiger partial charge >= 0.3 is 0 Å². The Morgan fingerprint density at radius 2 is 2.06 bits per heavy atom. The second kappa shape index (κ2) is 9.28. The van der Waals surface area contributed by atoms with Crippen molar-refractivity contribution < 1.29 is 9.53 Å². The number of hydrogen-bond donors (Lipinski definition) is 4. The number of aromatic nitrogens is 3.